The van der Waals surface area contributed by atoms with E-state index in [0.29, 0.717) is 28.8 Å². The smallest absolute Gasteiger partial charge is 0.353 e. The molecule has 1 aromatic carbocycles. The van der Waals surface area contributed by atoms with Gasteiger partial charge in [0.25, 0.3) is 0 Å². The lowest BCUT2D eigenvalue weighted by Gasteiger charge is -2.13. The number of nitro groups is 1. The number of methoxy groups -OCH3 is 2. The summed E-state index contributed by atoms with van der Waals surface area (Å²) in [6.07, 6.45) is 1.19. The second-order valence-electron chi connectivity index (χ2n) is 5.32. The lowest BCUT2D eigenvalue weighted by Crippen LogP contribution is -2.06. The topological polar surface area (TPSA) is 137 Å². The summed E-state index contributed by atoms with van der Waals surface area (Å²) in [5.74, 6) is 1.79. The highest BCUT2D eigenvalue weighted by molar-refractivity contribution is 5.78. The first-order chi connectivity index (χ1) is 13.0. The molecule has 27 heavy (non-hydrogen) atoms. The summed E-state index contributed by atoms with van der Waals surface area (Å²) in [6, 6.07) is 6.60. The van der Waals surface area contributed by atoms with Gasteiger partial charge in [0.05, 0.1) is 24.8 Å². The van der Waals surface area contributed by atoms with Crippen LogP contribution >= 0.6 is 0 Å². The summed E-state index contributed by atoms with van der Waals surface area (Å²) in [7, 11) is 3.00. The highest BCUT2D eigenvalue weighted by Crippen LogP contribution is 2.36. The number of nitrogens with one attached hydrogen (secondary N) is 2. The molecule has 0 saturated heterocycles. The number of anilines is 4. The van der Waals surface area contributed by atoms with Gasteiger partial charge in [0, 0.05) is 12.1 Å². The molecule has 0 unspecified atom stereocenters. The minimum Gasteiger partial charge on any atom is -0.497 e. The molecule has 0 fully saturated rings. The van der Waals surface area contributed by atoms with Gasteiger partial charge in [0.1, 0.15) is 23.6 Å². The zero-order valence-corrected chi connectivity index (χ0v) is 14.7. The summed E-state index contributed by atoms with van der Waals surface area (Å²) in [5.41, 5.74) is 0.0879. The summed E-state index contributed by atoms with van der Waals surface area (Å²) in [6.45, 7) is 1.70. The molecule has 2 heterocycles. The van der Waals surface area contributed by atoms with Crippen LogP contribution in [0, 0.1) is 17.0 Å². The second-order valence-corrected chi connectivity index (χ2v) is 5.32. The van der Waals surface area contributed by atoms with Crippen molar-refractivity contribution < 1.29 is 18.9 Å². The first-order valence-corrected chi connectivity index (χ1v) is 7.70. The van der Waals surface area contributed by atoms with E-state index in [1.54, 1.807) is 31.2 Å². The van der Waals surface area contributed by atoms with E-state index in [9.17, 15) is 10.1 Å². The predicted molar refractivity (Wildman–Crippen MR) is 96.0 cm³/mol. The molecule has 0 radical (unpaired) electrons. The van der Waals surface area contributed by atoms with Crippen LogP contribution in [-0.4, -0.2) is 34.3 Å². The maximum absolute atomic E-state index is 11.7. The highest BCUT2D eigenvalue weighted by atomic mass is 16.6. The molecule has 0 aliphatic rings. The van der Waals surface area contributed by atoms with Gasteiger partial charge in [-0.05, 0) is 19.1 Å². The average molecular weight is 372 g/mol. The largest absolute Gasteiger partial charge is 0.497 e. The molecule has 0 atom stereocenters. The van der Waals surface area contributed by atoms with Crippen molar-refractivity contribution in [1.29, 1.82) is 0 Å². The molecule has 11 nitrogen and oxygen atoms in total. The van der Waals surface area contributed by atoms with Crippen molar-refractivity contribution in [2.75, 3.05) is 24.9 Å². The Morgan fingerprint density at radius 1 is 1.11 bits per heavy atom. The Morgan fingerprint density at radius 3 is 2.44 bits per heavy atom. The fourth-order valence-electron chi connectivity index (χ4n) is 2.32. The number of ether oxygens (including phenoxy) is 2. The van der Waals surface area contributed by atoms with E-state index >= 15 is 0 Å². The number of rotatable bonds is 7. The molecule has 140 valence electrons. The quantitative estimate of drug-likeness (QED) is 0.469. The number of hydrogen-bond acceptors (Lipinski definition) is 10. The van der Waals surface area contributed by atoms with Gasteiger partial charge in [-0.2, -0.15) is 0 Å². The van der Waals surface area contributed by atoms with E-state index < -0.39 is 4.92 Å². The zero-order chi connectivity index (χ0) is 19.4. The molecule has 3 aromatic rings. The minimum absolute atomic E-state index is 0.0238. The van der Waals surface area contributed by atoms with E-state index in [4.69, 9.17) is 14.0 Å². The molecular weight excluding hydrogens is 356 g/mol. The van der Waals surface area contributed by atoms with Crippen molar-refractivity contribution in [3.8, 4) is 11.5 Å². The first kappa shape index (κ1) is 17.9. The molecule has 0 aliphatic carbocycles. The van der Waals surface area contributed by atoms with Gasteiger partial charge in [-0.1, -0.05) is 5.16 Å². The molecule has 0 saturated carbocycles. The molecule has 0 amide bonds. The first-order valence-electron chi connectivity index (χ1n) is 7.70. The Kier molecular flexibility index (Phi) is 5.01. The van der Waals surface area contributed by atoms with Gasteiger partial charge < -0.3 is 24.6 Å². The summed E-state index contributed by atoms with van der Waals surface area (Å²) >= 11 is 0. The van der Waals surface area contributed by atoms with Crippen molar-refractivity contribution in [1.82, 2.24) is 15.1 Å². The number of aryl methyl sites for hydroxylation is 1. The molecule has 0 aliphatic heterocycles. The maximum atomic E-state index is 11.7. The van der Waals surface area contributed by atoms with Crippen LogP contribution in [0.3, 0.4) is 0 Å². The van der Waals surface area contributed by atoms with E-state index in [-0.39, 0.29) is 17.3 Å². The van der Waals surface area contributed by atoms with Crippen LogP contribution in [0.5, 0.6) is 11.5 Å². The fraction of sp³-hybridized carbons (Fsp3) is 0.188. The Morgan fingerprint density at radius 2 is 1.85 bits per heavy atom. The molecular formula is C16H16N6O5. The zero-order valence-electron chi connectivity index (χ0n) is 14.7. The SMILES string of the molecule is COc1ccc(OC)c(Nc2ncnc(Nc3cc(C)on3)c2[N+](=O)[O-])c1. The van der Waals surface area contributed by atoms with Crippen LogP contribution in [0.15, 0.2) is 35.1 Å². The van der Waals surface area contributed by atoms with Gasteiger partial charge in [-0.15, -0.1) is 0 Å². The van der Waals surface area contributed by atoms with Crippen LogP contribution in [0.4, 0.5) is 28.8 Å². The normalized spacial score (nSPS) is 10.3. The van der Waals surface area contributed by atoms with Crippen LogP contribution in [0.2, 0.25) is 0 Å². The van der Waals surface area contributed by atoms with E-state index in [2.05, 4.69) is 25.8 Å². The summed E-state index contributed by atoms with van der Waals surface area (Å²) in [5, 5.41) is 21.1. The average Bonchev–Trinajstić information content (AvgIpc) is 3.06. The molecule has 11 heteroatoms. The fourth-order valence-corrected chi connectivity index (χ4v) is 2.32. The number of nitrogens with zero attached hydrogens (tertiary/aromatic N) is 4. The number of aromatic nitrogens is 3. The third kappa shape index (κ3) is 3.86. The van der Waals surface area contributed by atoms with Crippen molar-refractivity contribution in [3.05, 3.63) is 46.5 Å². The third-order valence-corrected chi connectivity index (χ3v) is 3.54. The molecule has 0 spiro atoms. The molecule has 2 N–H and O–H groups in total. The highest BCUT2D eigenvalue weighted by Gasteiger charge is 2.25. The van der Waals surface area contributed by atoms with Gasteiger partial charge in [-0.3, -0.25) is 10.1 Å². The van der Waals surface area contributed by atoms with Crippen LogP contribution < -0.4 is 20.1 Å². The molecule has 0 bridgehead atoms. The van der Waals surface area contributed by atoms with Gasteiger partial charge in [0.2, 0.25) is 11.6 Å². The monoisotopic (exact) mass is 372 g/mol. The van der Waals surface area contributed by atoms with Gasteiger partial charge in [0.15, 0.2) is 5.82 Å². The molecule has 3 rings (SSSR count). The standard InChI is InChI=1S/C16H16N6O5/c1-9-6-13(21-27-9)20-16-14(22(23)24)15(17-8-18-16)19-11-7-10(25-2)4-5-12(11)26-3/h4-8H,1-3H3,(H2,17,18,19,20,21). The van der Waals surface area contributed by atoms with Crippen molar-refractivity contribution in [2.45, 2.75) is 6.92 Å². The second kappa shape index (κ2) is 7.56. The Hall–Kier alpha value is -3.89. The maximum Gasteiger partial charge on any atom is 0.353 e. The van der Waals surface area contributed by atoms with Crippen LogP contribution in [0.1, 0.15) is 5.76 Å². The van der Waals surface area contributed by atoms with Crippen molar-refractivity contribution >= 4 is 28.8 Å². The van der Waals surface area contributed by atoms with Gasteiger partial charge >= 0.3 is 5.69 Å². The number of benzene rings is 1. The lowest BCUT2D eigenvalue weighted by molar-refractivity contribution is -0.383. The Labute approximate surface area is 153 Å². The van der Waals surface area contributed by atoms with Gasteiger partial charge in [-0.25, -0.2) is 9.97 Å². The number of hydrogen-bond donors (Lipinski definition) is 2. The molecule has 2 aromatic heterocycles. The third-order valence-electron chi connectivity index (χ3n) is 3.54. The van der Waals surface area contributed by atoms with Crippen LogP contribution in [-0.2, 0) is 0 Å². The Balaban J connectivity index is 2.01. The van der Waals surface area contributed by atoms with E-state index in [1.165, 1.54) is 20.5 Å². The summed E-state index contributed by atoms with van der Waals surface area (Å²) in [4.78, 5) is 19.0. The van der Waals surface area contributed by atoms with Crippen LogP contribution in [0.25, 0.3) is 0 Å². The predicted octanol–water partition coefficient (Wildman–Crippen LogP) is 3.19. The van der Waals surface area contributed by atoms with Crippen molar-refractivity contribution in [2.24, 2.45) is 0 Å². The van der Waals surface area contributed by atoms with Crippen molar-refractivity contribution in [3.63, 3.8) is 0 Å². The van der Waals surface area contributed by atoms with E-state index in [1.807, 2.05) is 0 Å². The Bertz CT molecular complexity index is 974. The van der Waals surface area contributed by atoms with E-state index in [0.717, 1.165) is 0 Å². The minimum atomic E-state index is -0.593. The summed E-state index contributed by atoms with van der Waals surface area (Å²) < 4.78 is 15.4. The lowest BCUT2D eigenvalue weighted by atomic mass is 10.2.